The minimum Gasteiger partial charge on any atom is -0.462 e. The molecular formula is C52H96O6. The van der Waals surface area contributed by atoms with Crippen LogP contribution in [0.2, 0.25) is 0 Å². The molecule has 1 unspecified atom stereocenters. The number of carbonyl (C=O) groups is 3. The van der Waals surface area contributed by atoms with E-state index in [4.69, 9.17) is 14.2 Å². The standard InChI is InChI=1S/C52H96O6/c1-4-7-10-13-16-19-21-23-25-26-27-28-30-31-33-36-39-42-45-51(54)57-48-49(47-56-50(53)44-41-38-35-18-15-12-9-6-3)58-52(55)46-43-40-37-34-32-29-24-22-20-17-14-11-8-5-2/h14,17,22,24,49H,4-13,15-16,18-21,23,25-48H2,1-3H3/b17-14-,24-22-. The molecule has 340 valence electrons. The maximum absolute atomic E-state index is 12.7. The summed E-state index contributed by atoms with van der Waals surface area (Å²) in [6.07, 6.45) is 53.1. The summed E-state index contributed by atoms with van der Waals surface area (Å²) in [7, 11) is 0. The summed E-state index contributed by atoms with van der Waals surface area (Å²) in [5.41, 5.74) is 0. The van der Waals surface area contributed by atoms with Crippen molar-refractivity contribution in [2.45, 2.75) is 277 Å². The number of esters is 3. The Hall–Kier alpha value is -2.11. The number of unbranched alkanes of at least 4 members (excludes halogenated alkanes) is 31. The van der Waals surface area contributed by atoms with E-state index in [2.05, 4.69) is 45.1 Å². The van der Waals surface area contributed by atoms with E-state index in [0.717, 1.165) is 83.5 Å². The van der Waals surface area contributed by atoms with Crippen LogP contribution in [-0.2, 0) is 28.6 Å². The summed E-state index contributed by atoms with van der Waals surface area (Å²) in [6, 6.07) is 0. The van der Waals surface area contributed by atoms with Gasteiger partial charge in [0.1, 0.15) is 13.2 Å². The molecule has 6 heteroatoms. The van der Waals surface area contributed by atoms with Gasteiger partial charge in [0.05, 0.1) is 0 Å². The largest absolute Gasteiger partial charge is 0.462 e. The zero-order chi connectivity index (χ0) is 42.3. The van der Waals surface area contributed by atoms with E-state index < -0.39 is 6.10 Å². The first-order valence-electron chi connectivity index (χ1n) is 25.3. The molecule has 6 nitrogen and oxygen atoms in total. The third-order valence-corrected chi connectivity index (χ3v) is 11.2. The molecule has 0 aliphatic rings. The Morgan fingerprint density at radius 3 is 1.00 bits per heavy atom. The molecule has 0 bridgehead atoms. The number of allylic oxidation sites excluding steroid dienone is 4. The molecule has 0 saturated carbocycles. The van der Waals surface area contributed by atoms with E-state index in [1.165, 1.54) is 148 Å². The lowest BCUT2D eigenvalue weighted by atomic mass is 10.0. The fraction of sp³-hybridized carbons (Fsp3) is 0.865. The number of ether oxygens (including phenoxy) is 3. The lowest BCUT2D eigenvalue weighted by Crippen LogP contribution is -2.30. The average Bonchev–Trinajstić information content (AvgIpc) is 3.22. The highest BCUT2D eigenvalue weighted by molar-refractivity contribution is 5.71. The summed E-state index contributed by atoms with van der Waals surface area (Å²) in [5.74, 6) is -0.880. The lowest BCUT2D eigenvalue weighted by Gasteiger charge is -2.18. The molecule has 0 rings (SSSR count). The van der Waals surface area contributed by atoms with Crippen molar-refractivity contribution < 1.29 is 28.6 Å². The Morgan fingerprint density at radius 2 is 0.638 bits per heavy atom. The van der Waals surface area contributed by atoms with Gasteiger partial charge in [-0.3, -0.25) is 14.4 Å². The van der Waals surface area contributed by atoms with Gasteiger partial charge in [0.2, 0.25) is 0 Å². The fourth-order valence-corrected chi connectivity index (χ4v) is 7.34. The van der Waals surface area contributed by atoms with Crippen LogP contribution in [0.25, 0.3) is 0 Å². The predicted octanol–water partition coefficient (Wildman–Crippen LogP) is 16.4. The van der Waals surface area contributed by atoms with Crippen LogP contribution >= 0.6 is 0 Å². The fourth-order valence-electron chi connectivity index (χ4n) is 7.34. The van der Waals surface area contributed by atoms with Crippen LogP contribution in [0.5, 0.6) is 0 Å². The summed E-state index contributed by atoms with van der Waals surface area (Å²) in [5, 5.41) is 0. The van der Waals surface area contributed by atoms with Crippen molar-refractivity contribution in [3.63, 3.8) is 0 Å². The molecule has 0 saturated heterocycles. The summed E-state index contributed by atoms with van der Waals surface area (Å²) < 4.78 is 16.7. The van der Waals surface area contributed by atoms with Gasteiger partial charge in [-0.05, 0) is 44.9 Å². The number of carbonyl (C=O) groups excluding carboxylic acids is 3. The second-order valence-corrected chi connectivity index (χ2v) is 17.1. The first-order chi connectivity index (χ1) is 28.5. The quantitative estimate of drug-likeness (QED) is 0.0263. The van der Waals surface area contributed by atoms with Crippen molar-refractivity contribution in [1.29, 1.82) is 0 Å². The summed E-state index contributed by atoms with van der Waals surface area (Å²) in [4.78, 5) is 37.8. The summed E-state index contributed by atoms with van der Waals surface area (Å²) in [6.45, 7) is 6.58. The van der Waals surface area contributed by atoms with Gasteiger partial charge in [0.25, 0.3) is 0 Å². The predicted molar refractivity (Wildman–Crippen MR) is 247 cm³/mol. The van der Waals surface area contributed by atoms with E-state index >= 15 is 0 Å². The molecule has 0 amide bonds. The molecule has 0 N–H and O–H groups in total. The molecule has 0 aliphatic carbocycles. The monoisotopic (exact) mass is 817 g/mol. The molecule has 0 spiro atoms. The Kier molecular flexibility index (Phi) is 45.8. The van der Waals surface area contributed by atoms with Crippen molar-refractivity contribution >= 4 is 17.9 Å². The van der Waals surface area contributed by atoms with Crippen LogP contribution in [0.4, 0.5) is 0 Å². The van der Waals surface area contributed by atoms with E-state index in [0.29, 0.717) is 19.3 Å². The normalized spacial score (nSPS) is 12.1. The van der Waals surface area contributed by atoms with Crippen molar-refractivity contribution in [1.82, 2.24) is 0 Å². The van der Waals surface area contributed by atoms with Crippen LogP contribution in [0.1, 0.15) is 271 Å². The second kappa shape index (κ2) is 47.6. The van der Waals surface area contributed by atoms with Crippen LogP contribution in [0.15, 0.2) is 24.3 Å². The Bertz CT molecular complexity index is 942. The molecule has 0 radical (unpaired) electrons. The second-order valence-electron chi connectivity index (χ2n) is 17.1. The van der Waals surface area contributed by atoms with Gasteiger partial charge in [0.15, 0.2) is 6.10 Å². The molecule has 0 aliphatic heterocycles. The minimum atomic E-state index is -0.771. The van der Waals surface area contributed by atoms with Gasteiger partial charge in [-0.25, -0.2) is 0 Å². The highest BCUT2D eigenvalue weighted by Crippen LogP contribution is 2.16. The van der Waals surface area contributed by atoms with Crippen LogP contribution < -0.4 is 0 Å². The van der Waals surface area contributed by atoms with Gasteiger partial charge in [-0.2, -0.15) is 0 Å². The maximum Gasteiger partial charge on any atom is 0.306 e. The molecule has 1 atom stereocenters. The molecule has 0 heterocycles. The SMILES string of the molecule is CCCC/C=C\C/C=C\CCCCCCCC(=O)OC(COC(=O)CCCCCCCCCC)COC(=O)CCCCCCCCCCCCCCCCCCCC. The van der Waals surface area contributed by atoms with Gasteiger partial charge in [-0.15, -0.1) is 0 Å². The van der Waals surface area contributed by atoms with E-state index in [9.17, 15) is 14.4 Å². The van der Waals surface area contributed by atoms with Gasteiger partial charge in [-0.1, -0.05) is 231 Å². The van der Waals surface area contributed by atoms with Crippen molar-refractivity contribution in [3.8, 4) is 0 Å². The zero-order valence-electron chi connectivity index (χ0n) is 38.8. The number of rotatable bonds is 46. The smallest absolute Gasteiger partial charge is 0.306 e. The minimum absolute atomic E-state index is 0.0727. The van der Waals surface area contributed by atoms with E-state index in [1.54, 1.807) is 0 Å². The van der Waals surface area contributed by atoms with Crippen molar-refractivity contribution in [2.24, 2.45) is 0 Å². The van der Waals surface area contributed by atoms with Crippen molar-refractivity contribution in [2.75, 3.05) is 13.2 Å². The van der Waals surface area contributed by atoms with E-state index in [-0.39, 0.29) is 31.1 Å². The van der Waals surface area contributed by atoms with Crippen LogP contribution in [-0.4, -0.2) is 37.2 Å². The molecule has 58 heavy (non-hydrogen) atoms. The Labute approximate surface area is 360 Å². The van der Waals surface area contributed by atoms with Crippen molar-refractivity contribution in [3.05, 3.63) is 24.3 Å². The Balaban J connectivity index is 4.25. The first kappa shape index (κ1) is 55.9. The van der Waals surface area contributed by atoms with E-state index in [1.807, 2.05) is 0 Å². The van der Waals surface area contributed by atoms with Crippen LogP contribution in [0.3, 0.4) is 0 Å². The summed E-state index contributed by atoms with van der Waals surface area (Å²) >= 11 is 0. The molecule has 0 fully saturated rings. The number of hydrogen-bond donors (Lipinski definition) is 0. The molecule has 0 aromatic heterocycles. The highest BCUT2D eigenvalue weighted by Gasteiger charge is 2.19. The first-order valence-corrected chi connectivity index (χ1v) is 25.3. The van der Waals surface area contributed by atoms with Gasteiger partial charge >= 0.3 is 17.9 Å². The maximum atomic E-state index is 12.7. The topological polar surface area (TPSA) is 78.9 Å². The Morgan fingerprint density at radius 1 is 0.345 bits per heavy atom. The molecule has 0 aromatic rings. The average molecular weight is 817 g/mol. The third-order valence-electron chi connectivity index (χ3n) is 11.2. The molecule has 0 aromatic carbocycles. The van der Waals surface area contributed by atoms with Gasteiger partial charge < -0.3 is 14.2 Å². The number of hydrogen-bond acceptors (Lipinski definition) is 6. The molecular weight excluding hydrogens is 721 g/mol. The van der Waals surface area contributed by atoms with Crippen LogP contribution in [0, 0.1) is 0 Å². The van der Waals surface area contributed by atoms with Gasteiger partial charge in [0, 0.05) is 19.3 Å². The zero-order valence-corrected chi connectivity index (χ0v) is 38.8. The third kappa shape index (κ3) is 45.0. The lowest BCUT2D eigenvalue weighted by molar-refractivity contribution is -0.167. The highest BCUT2D eigenvalue weighted by atomic mass is 16.6.